The average molecular weight is 383 g/mol. The fourth-order valence-corrected chi connectivity index (χ4v) is 2.87. The van der Waals surface area contributed by atoms with Crippen LogP contribution in [0.5, 0.6) is 11.5 Å². The monoisotopic (exact) mass is 382 g/mol. The second kappa shape index (κ2) is 8.00. The average Bonchev–Trinajstić information content (AvgIpc) is 3.04. The van der Waals surface area contributed by atoms with E-state index in [0.717, 1.165) is 14.9 Å². The number of hydrogen-bond donors (Lipinski definition) is 0. The Kier molecular flexibility index (Phi) is 6.03. The van der Waals surface area contributed by atoms with E-state index in [2.05, 4.69) is 15.9 Å². The molecular weight excluding hydrogens is 368 g/mol. The minimum absolute atomic E-state index is 0.112. The first-order valence-corrected chi connectivity index (χ1v) is 8.10. The van der Waals surface area contributed by atoms with Crippen molar-refractivity contribution in [2.45, 2.75) is 6.61 Å². The van der Waals surface area contributed by atoms with Gasteiger partial charge >= 0.3 is 5.97 Å². The first kappa shape index (κ1) is 16.6. The van der Waals surface area contributed by atoms with Crippen molar-refractivity contribution in [2.75, 3.05) is 14.2 Å². The maximum absolute atomic E-state index is 11.7. The van der Waals surface area contributed by atoms with Gasteiger partial charge in [0.15, 0.2) is 0 Å². The van der Waals surface area contributed by atoms with Crippen LogP contribution in [0.25, 0.3) is 6.08 Å². The molecule has 0 spiro atoms. The third-order valence-corrected chi connectivity index (χ3v) is 4.31. The van der Waals surface area contributed by atoms with Gasteiger partial charge in [0, 0.05) is 16.5 Å². The number of carbonyl (C=O) groups is 1. The predicted octanol–water partition coefficient (Wildman–Crippen LogP) is 4.28. The van der Waals surface area contributed by atoms with E-state index >= 15 is 0 Å². The molecule has 0 amide bonds. The van der Waals surface area contributed by atoms with Crippen LogP contribution in [0.2, 0.25) is 0 Å². The molecule has 0 aliphatic carbocycles. The number of rotatable bonds is 6. The minimum Gasteiger partial charge on any atom is -0.496 e. The summed E-state index contributed by atoms with van der Waals surface area (Å²) in [7, 11) is 3.14. The zero-order chi connectivity index (χ0) is 15.9. The summed E-state index contributed by atoms with van der Waals surface area (Å²) >= 11 is 4.94. The van der Waals surface area contributed by atoms with Crippen LogP contribution in [0.1, 0.15) is 10.4 Å². The number of halogens is 1. The fourth-order valence-electron chi connectivity index (χ4n) is 1.77. The van der Waals surface area contributed by atoms with E-state index in [1.807, 2.05) is 17.5 Å². The number of hydrogen-bond acceptors (Lipinski definition) is 5. The van der Waals surface area contributed by atoms with Crippen molar-refractivity contribution in [1.29, 1.82) is 0 Å². The number of ether oxygens (including phenoxy) is 3. The summed E-state index contributed by atoms with van der Waals surface area (Å²) in [4.78, 5) is 12.7. The van der Waals surface area contributed by atoms with Crippen molar-refractivity contribution in [2.24, 2.45) is 0 Å². The number of benzene rings is 1. The standard InChI is InChI=1S/C16H15BrO4S/c1-19-14-9-13(17)15(20-2)8-11(14)10-21-16(18)6-5-12-4-3-7-22-12/h3-9H,10H2,1-2H3/b6-5+. The molecule has 1 aromatic carbocycles. The Labute approximate surface area is 141 Å². The maximum atomic E-state index is 11.7. The molecule has 0 aliphatic rings. The number of carbonyl (C=O) groups excluding carboxylic acids is 1. The van der Waals surface area contributed by atoms with Gasteiger partial charge in [-0.05, 0) is 45.6 Å². The summed E-state index contributed by atoms with van der Waals surface area (Å²) in [5.74, 6) is 0.876. The number of methoxy groups -OCH3 is 2. The normalized spacial score (nSPS) is 10.7. The molecule has 6 heteroatoms. The second-order valence-electron chi connectivity index (χ2n) is 4.26. The molecule has 0 bridgehead atoms. The van der Waals surface area contributed by atoms with Crippen molar-refractivity contribution in [3.8, 4) is 11.5 Å². The van der Waals surface area contributed by atoms with Crippen LogP contribution >= 0.6 is 27.3 Å². The van der Waals surface area contributed by atoms with Crippen molar-refractivity contribution in [3.05, 3.63) is 50.6 Å². The van der Waals surface area contributed by atoms with Gasteiger partial charge in [-0.25, -0.2) is 4.79 Å². The molecule has 0 unspecified atom stereocenters. The molecule has 0 N–H and O–H groups in total. The largest absolute Gasteiger partial charge is 0.496 e. The van der Waals surface area contributed by atoms with Gasteiger partial charge in [-0.2, -0.15) is 0 Å². The van der Waals surface area contributed by atoms with E-state index in [1.165, 1.54) is 6.08 Å². The third kappa shape index (κ3) is 4.35. The van der Waals surface area contributed by atoms with E-state index in [0.29, 0.717) is 11.5 Å². The highest BCUT2D eigenvalue weighted by Gasteiger charge is 2.11. The molecule has 1 heterocycles. The molecule has 0 aliphatic heterocycles. The molecule has 0 fully saturated rings. The first-order chi connectivity index (χ1) is 10.6. The van der Waals surface area contributed by atoms with Gasteiger partial charge in [-0.15, -0.1) is 11.3 Å². The summed E-state index contributed by atoms with van der Waals surface area (Å²) in [5.41, 5.74) is 0.737. The third-order valence-electron chi connectivity index (χ3n) is 2.85. The van der Waals surface area contributed by atoms with E-state index < -0.39 is 5.97 Å². The Morgan fingerprint density at radius 1 is 1.27 bits per heavy atom. The molecule has 1 aromatic heterocycles. The fraction of sp³-hybridized carbons (Fsp3) is 0.188. The first-order valence-electron chi connectivity index (χ1n) is 6.42. The molecule has 4 nitrogen and oxygen atoms in total. The summed E-state index contributed by atoms with van der Waals surface area (Å²) in [5, 5.41) is 1.95. The Morgan fingerprint density at radius 2 is 2.05 bits per heavy atom. The lowest BCUT2D eigenvalue weighted by atomic mass is 10.2. The molecule has 2 aromatic rings. The highest BCUT2D eigenvalue weighted by atomic mass is 79.9. The zero-order valence-electron chi connectivity index (χ0n) is 12.2. The van der Waals surface area contributed by atoms with E-state index in [-0.39, 0.29) is 6.61 Å². The second-order valence-corrected chi connectivity index (χ2v) is 6.09. The number of thiophene rings is 1. The highest BCUT2D eigenvalue weighted by molar-refractivity contribution is 9.10. The lowest BCUT2D eigenvalue weighted by Crippen LogP contribution is -2.03. The smallest absolute Gasteiger partial charge is 0.331 e. The zero-order valence-corrected chi connectivity index (χ0v) is 14.6. The molecule has 0 saturated heterocycles. The van der Waals surface area contributed by atoms with Crippen LogP contribution < -0.4 is 9.47 Å². The van der Waals surface area contributed by atoms with Gasteiger partial charge in [-0.1, -0.05) is 6.07 Å². The van der Waals surface area contributed by atoms with Crippen LogP contribution in [0, 0.1) is 0 Å². The van der Waals surface area contributed by atoms with Gasteiger partial charge in [0.05, 0.1) is 18.7 Å². The lowest BCUT2D eigenvalue weighted by Gasteiger charge is -2.12. The SMILES string of the molecule is COc1cc(COC(=O)/C=C/c2cccs2)c(OC)cc1Br. The topological polar surface area (TPSA) is 44.8 Å². The van der Waals surface area contributed by atoms with Crippen molar-refractivity contribution in [3.63, 3.8) is 0 Å². The van der Waals surface area contributed by atoms with E-state index in [4.69, 9.17) is 14.2 Å². The van der Waals surface area contributed by atoms with Crippen LogP contribution in [0.3, 0.4) is 0 Å². The molecular formula is C16H15BrO4S. The molecule has 116 valence electrons. The Bertz CT molecular complexity index is 665. The van der Waals surface area contributed by atoms with Gasteiger partial charge < -0.3 is 14.2 Å². The lowest BCUT2D eigenvalue weighted by molar-refractivity contribution is -0.138. The van der Waals surface area contributed by atoms with E-state index in [1.54, 1.807) is 43.8 Å². The van der Waals surface area contributed by atoms with Gasteiger partial charge in [0.25, 0.3) is 0 Å². The minimum atomic E-state index is -0.405. The molecule has 2 rings (SSSR count). The quantitative estimate of drug-likeness (QED) is 0.552. The molecule has 0 atom stereocenters. The van der Waals surface area contributed by atoms with Crippen molar-refractivity contribution < 1.29 is 19.0 Å². The summed E-state index contributed by atoms with van der Waals surface area (Å²) in [6.45, 7) is 0.112. The predicted molar refractivity (Wildman–Crippen MR) is 90.4 cm³/mol. The number of esters is 1. The Balaban J connectivity index is 2.02. The van der Waals surface area contributed by atoms with Gasteiger partial charge in [0.2, 0.25) is 0 Å². The Morgan fingerprint density at radius 3 is 2.68 bits per heavy atom. The van der Waals surface area contributed by atoms with Crippen LogP contribution in [-0.4, -0.2) is 20.2 Å². The molecule has 22 heavy (non-hydrogen) atoms. The van der Waals surface area contributed by atoms with Crippen molar-refractivity contribution in [1.82, 2.24) is 0 Å². The van der Waals surface area contributed by atoms with E-state index in [9.17, 15) is 4.79 Å². The highest BCUT2D eigenvalue weighted by Crippen LogP contribution is 2.33. The van der Waals surface area contributed by atoms with Crippen LogP contribution in [0.15, 0.2) is 40.2 Å². The molecule has 0 saturated carbocycles. The van der Waals surface area contributed by atoms with Gasteiger partial charge in [0.1, 0.15) is 18.1 Å². The summed E-state index contributed by atoms with van der Waals surface area (Å²) in [6.07, 6.45) is 3.14. The summed E-state index contributed by atoms with van der Waals surface area (Å²) in [6, 6.07) is 7.41. The van der Waals surface area contributed by atoms with Crippen molar-refractivity contribution >= 4 is 39.3 Å². The van der Waals surface area contributed by atoms with Crippen LogP contribution in [0.4, 0.5) is 0 Å². The Hall–Kier alpha value is -1.79. The summed E-state index contributed by atoms with van der Waals surface area (Å²) < 4.78 is 16.5. The van der Waals surface area contributed by atoms with Crippen LogP contribution in [-0.2, 0) is 16.1 Å². The van der Waals surface area contributed by atoms with Gasteiger partial charge in [-0.3, -0.25) is 0 Å². The molecule has 0 radical (unpaired) electrons. The maximum Gasteiger partial charge on any atom is 0.331 e.